The number of anilines is 1. The standard InChI is InChI=1S/C22H27NO6/c1-7-15-10-8-9-13(2)19(15)23-21(24)14(3)29-22(25)16-11-17(26-4)20(28-6)18(12-16)27-5/h8-12,14H,7H2,1-6H3,(H,23,24). The van der Waals surface area contributed by atoms with Gasteiger partial charge in [0.15, 0.2) is 17.6 Å². The second kappa shape index (κ2) is 9.82. The molecule has 1 amide bonds. The van der Waals surface area contributed by atoms with E-state index in [4.69, 9.17) is 18.9 Å². The number of amides is 1. The fourth-order valence-electron chi connectivity index (χ4n) is 2.91. The number of rotatable bonds is 8. The molecule has 2 aromatic rings. The van der Waals surface area contributed by atoms with Crippen molar-refractivity contribution in [3.63, 3.8) is 0 Å². The molecule has 0 saturated carbocycles. The summed E-state index contributed by atoms with van der Waals surface area (Å²) >= 11 is 0. The minimum atomic E-state index is -0.995. The van der Waals surface area contributed by atoms with Crippen LogP contribution in [-0.2, 0) is 16.0 Å². The fourth-order valence-corrected chi connectivity index (χ4v) is 2.91. The Morgan fingerprint density at radius 1 is 1.03 bits per heavy atom. The maximum Gasteiger partial charge on any atom is 0.339 e. The number of nitrogens with one attached hydrogen (secondary N) is 1. The minimum Gasteiger partial charge on any atom is -0.493 e. The van der Waals surface area contributed by atoms with Crippen molar-refractivity contribution in [1.82, 2.24) is 0 Å². The van der Waals surface area contributed by atoms with Crippen molar-refractivity contribution in [3.05, 3.63) is 47.0 Å². The molecule has 7 nitrogen and oxygen atoms in total. The molecule has 0 heterocycles. The van der Waals surface area contributed by atoms with Crippen LogP contribution in [0.5, 0.6) is 17.2 Å². The Morgan fingerprint density at radius 2 is 1.66 bits per heavy atom. The summed E-state index contributed by atoms with van der Waals surface area (Å²) in [4.78, 5) is 25.2. The van der Waals surface area contributed by atoms with Crippen LogP contribution in [0.3, 0.4) is 0 Å². The number of hydrogen-bond donors (Lipinski definition) is 1. The highest BCUT2D eigenvalue weighted by atomic mass is 16.5. The first-order valence-corrected chi connectivity index (χ1v) is 9.26. The molecular formula is C22H27NO6. The van der Waals surface area contributed by atoms with E-state index in [1.54, 1.807) is 0 Å². The maximum absolute atomic E-state index is 12.6. The molecule has 0 aliphatic rings. The summed E-state index contributed by atoms with van der Waals surface area (Å²) in [5, 5.41) is 2.86. The monoisotopic (exact) mass is 401 g/mol. The first-order valence-electron chi connectivity index (χ1n) is 9.26. The van der Waals surface area contributed by atoms with Crippen molar-refractivity contribution in [2.45, 2.75) is 33.3 Å². The lowest BCUT2D eigenvalue weighted by molar-refractivity contribution is -0.123. The van der Waals surface area contributed by atoms with E-state index in [9.17, 15) is 9.59 Å². The van der Waals surface area contributed by atoms with Gasteiger partial charge in [0, 0.05) is 5.69 Å². The Bertz CT molecular complexity index is 868. The van der Waals surface area contributed by atoms with Gasteiger partial charge in [0.05, 0.1) is 26.9 Å². The number of benzene rings is 2. The third-order valence-electron chi connectivity index (χ3n) is 4.54. The van der Waals surface area contributed by atoms with Crippen LogP contribution in [0.2, 0.25) is 0 Å². The molecule has 0 fully saturated rings. The molecule has 1 N–H and O–H groups in total. The highest BCUT2D eigenvalue weighted by Crippen LogP contribution is 2.38. The lowest BCUT2D eigenvalue weighted by atomic mass is 10.1. The highest BCUT2D eigenvalue weighted by Gasteiger charge is 2.23. The largest absolute Gasteiger partial charge is 0.493 e. The van der Waals surface area contributed by atoms with Crippen molar-refractivity contribution in [1.29, 1.82) is 0 Å². The van der Waals surface area contributed by atoms with Gasteiger partial charge in [-0.05, 0) is 43.5 Å². The van der Waals surface area contributed by atoms with Gasteiger partial charge in [-0.2, -0.15) is 0 Å². The smallest absolute Gasteiger partial charge is 0.339 e. The summed E-state index contributed by atoms with van der Waals surface area (Å²) in [6.45, 7) is 5.45. The topological polar surface area (TPSA) is 83.1 Å². The summed E-state index contributed by atoms with van der Waals surface area (Å²) in [5.41, 5.74) is 2.89. The normalized spacial score (nSPS) is 11.4. The number of carbonyl (C=O) groups is 2. The molecule has 7 heteroatoms. The number of esters is 1. The molecule has 2 aromatic carbocycles. The quantitative estimate of drug-likeness (QED) is 0.678. The Kier molecular flexibility index (Phi) is 7.47. The Balaban J connectivity index is 2.18. The number of ether oxygens (including phenoxy) is 4. The molecular weight excluding hydrogens is 374 g/mol. The molecule has 1 atom stereocenters. The van der Waals surface area contributed by atoms with E-state index in [-0.39, 0.29) is 5.56 Å². The van der Waals surface area contributed by atoms with Crippen molar-refractivity contribution < 1.29 is 28.5 Å². The van der Waals surface area contributed by atoms with Gasteiger partial charge < -0.3 is 24.3 Å². The summed E-state index contributed by atoms with van der Waals surface area (Å²) < 4.78 is 21.1. The Hall–Kier alpha value is -3.22. The van der Waals surface area contributed by atoms with Crippen LogP contribution in [0, 0.1) is 6.92 Å². The van der Waals surface area contributed by atoms with Gasteiger partial charge in [-0.15, -0.1) is 0 Å². The van der Waals surface area contributed by atoms with E-state index in [0.29, 0.717) is 17.2 Å². The average Bonchev–Trinajstić information content (AvgIpc) is 2.73. The zero-order valence-electron chi connectivity index (χ0n) is 17.6. The van der Waals surface area contributed by atoms with Crippen LogP contribution in [0.1, 0.15) is 35.3 Å². The molecule has 0 radical (unpaired) electrons. The molecule has 0 bridgehead atoms. The van der Waals surface area contributed by atoms with Crippen LogP contribution >= 0.6 is 0 Å². The zero-order chi connectivity index (χ0) is 21.6. The fraction of sp³-hybridized carbons (Fsp3) is 0.364. The lowest BCUT2D eigenvalue weighted by Crippen LogP contribution is -2.30. The summed E-state index contributed by atoms with van der Waals surface area (Å²) in [7, 11) is 4.38. The molecule has 1 unspecified atom stereocenters. The average molecular weight is 401 g/mol. The summed E-state index contributed by atoms with van der Waals surface area (Å²) in [6.07, 6.45) is -0.220. The van der Waals surface area contributed by atoms with Gasteiger partial charge in [-0.3, -0.25) is 4.79 Å². The first kappa shape index (κ1) is 22.1. The van der Waals surface area contributed by atoms with Gasteiger partial charge >= 0.3 is 5.97 Å². The van der Waals surface area contributed by atoms with Gasteiger partial charge in [0.2, 0.25) is 5.75 Å². The van der Waals surface area contributed by atoms with Crippen LogP contribution in [0.4, 0.5) is 5.69 Å². The molecule has 0 aliphatic heterocycles. The predicted octanol–water partition coefficient (Wildman–Crippen LogP) is 3.77. The van der Waals surface area contributed by atoms with Gasteiger partial charge in [0.1, 0.15) is 0 Å². The van der Waals surface area contributed by atoms with E-state index in [1.807, 2.05) is 32.0 Å². The Labute approximate surface area is 170 Å². The minimum absolute atomic E-state index is 0.185. The molecule has 0 aromatic heterocycles. The predicted molar refractivity (Wildman–Crippen MR) is 110 cm³/mol. The van der Waals surface area contributed by atoms with Crippen LogP contribution in [0.15, 0.2) is 30.3 Å². The molecule has 0 aliphatic carbocycles. The summed E-state index contributed by atoms with van der Waals surface area (Å²) in [6, 6.07) is 8.77. The van der Waals surface area contributed by atoms with Crippen molar-refractivity contribution in [3.8, 4) is 17.2 Å². The molecule has 29 heavy (non-hydrogen) atoms. The van der Waals surface area contributed by atoms with Crippen molar-refractivity contribution in [2.75, 3.05) is 26.6 Å². The second-order valence-corrected chi connectivity index (χ2v) is 6.41. The van der Waals surface area contributed by atoms with E-state index in [1.165, 1.54) is 40.4 Å². The third-order valence-corrected chi connectivity index (χ3v) is 4.54. The van der Waals surface area contributed by atoms with E-state index >= 15 is 0 Å². The van der Waals surface area contributed by atoms with Gasteiger partial charge in [-0.1, -0.05) is 25.1 Å². The van der Waals surface area contributed by atoms with Crippen LogP contribution < -0.4 is 19.5 Å². The number of methoxy groups -OCH3 is 3. The van der Waals surface area contributed by atoms with Crippen LogP contribution in [-0.4, -0.2) is 39.3 Å². The van der Waals surface area contributed by atoms with Crippen LogP contribution in [0.25, 0.3) is 0 Å². The molecule has 0 saturated heterocycles. The van der Waals surface area contributed by atoms with E-state index in [0.717, 1.165) is 23.2 Å². The third kappa shape index (κ3) is 4.99. The molecule has 0 spiro atoms. The number of carbonyl (C=O) groups excluding carboxylic acids is 2. The number of aryl methyl sites for hydroxylation is 2. The first-order chi connectivity index (χ1) is 13.9. The van der Waals surface area contributed by atoms with E-state index in [2.05, 4.69) is 5.32 Å². The van der Waals surface area contributed by atoms with Gasteiger partial charge in [0.25, 0.3) is 5.91 Å². The molecule has 2 rings (SSSR count). The van der Waals surface area contributed by atoms with Gasteiger partial charge in [-0.25, -0.2) is 4.79 Å². The van der Waals surface area contributed by atoms with Crippen molar-refractivity contribution >= 4 is 17.6 Å². The molecule has 156 valence electrons. The zero-order valence-corrected chi connectivity index (χ0v) is 17.6. The highest BCUT2D eigenvalue weighted by molar-refractivity contribution is 5.98. The summed E-state index contributed by atoms with van der Waals surface area (Å²) in [5.74, 6) is -0.0713. The SMILES string of the molecule is CCc1cccc(C)c1NC(=O)C(C)OC(=O)c1cc(OC)c(OC)c(OC)c1. The number of para-hydroxylation sites is 1. The maximum atomic E-state index is 12.6. The second-order valence-electron chi connectivity index (χ2n) is 6.41. The van der Waals surface area contributed by atoms with Crippen molar-refractivity contribution in [2.24, 2.45) is 0 Å². The Morgan fingerprint density at radius 3 is 2.17 bits per heavy atom. The van der Waals surface area contributed by atoms with E-state index < -0.39 is 18.0 Å². The number of hydrogen-bond acceptors (Lipinski definition) is 6. The lowest BCUT2D eigenvalue weighted by Gasteiger charge is -2.18.